The maximum Gasteiger partial charge on any atom is 0.240 e. The predicted octanol–water partition coefficient (Wildman–Crippen LogP) is 2.28. The Morgan fingerprint density at radius 2 is 1.79 bits per heavy atom. The Bertz CT molecular complexity index is 1050. The van der Waals surface area contributed by atoms with Crippen molar-refractivity contribution in [2.75, 3.05) is 25.5 Å². The number of aromatic nitrogens is 3. The topological polar surface area (TPSA) is 98.1 Å². The molecule has 28 heavy (non-hydrogen) atoms. The summed E-state index contributed by atoms with van der Waals surface area (Å²) >= 11 is 0. The molecule has 3 rings (SSSR count). The number of nitrogens with one attached hydrogen (secondary N) is 2. The van der Waals surface area contributed by atoms with Crippen molar-refractivity contribution < 1.29 is 13.2 Å². The maximum absolute atomic E-state index is 12.6. The number of anilines is 1. The van der Waals surface area contributed by atoms with Crippen LogP contribution in [0.25, 0.3) is 5.82 Å². The van der Waals surface area contributed by atoms with Crippen molar-refractivity contribution in [3.63, 3.8) is 0 Å². The monoisotopic (exact) mass is 401 g/mol. The van der Waals surface area contributed by atoms with Gasteiger partial charge in [0.2, 0.25) is 10.0 Å². The van der Waals surface area contributed by atoms with Gasteiger partial charge in [0.05, 0.1) is 12.0 Å². The lowest BCUT2D eigenvalue weighted by molar-refractivity contribution is 0.411. The summed E-state index contributed by atoms with van der Waals surface area (Å²) in [4.78, 5) is 8.62. The summed E-state index contributed by atoms with van der Waals surface area (Å²) in [6.45, 7) is 4.17. The molecule has 2 aromatic heterocycles. The van der Waals surface area contributed by atoms with Gasteiger partial charge in [-0.05, 0) is 49.2 Å². The minimum atomic E-state index is -3.62. The third-order valence-corrected chi connectivity index (χ3v) is 5.83. The van der Waals surface area contributed by atoms with Crippen LogP contribution in [0.5, 0.6) is 5.75 Å². The fraction of sp³-hybridized carbons (Fsp3) is 0.263. The number of nitrogens with zero attached hydrogens (tertiary/aromatic N) is 3. The van der Waals surface area contributed by atoms with Gasteiger partial charge < -0.3 is 14.6 Å². The highest BCUT2D eigenvalue weighted by molar-refractivity contribution is 7.89. The number of sulfonamides is 1. The van der Waals surface area contributed by atoms with E-state index in [1.54, 1.807) is 32.2 Å². The number of rotatable bonds is 8. The van der Waals surface area contributed by atoms with Crippen LogP contribution in [0.15, 0.2) is 53.9 Å². The third-order valence-electron chi connectivity index (χ3n) is 4.23. The molecule has 3 aromatic rings. The standard InChI is InChI=1S/C19H23N5O3S/c1-14-11-17(15(2)10-16(14)27-3)28(25,26)23-7-6-20-18-12-19(22-13-21-18)24-8-4-5-9-24/h4-5,8-13,23H,6-7H2,1-3H3,(H,20,21,22). The Kier molecular flexibility index (Phi) is 5.96. The molecule has 2 N–H and O–H groups in total. The molecule has 0 spiro atoms. The number of hydrogen-bond donors (Lipinski definition) is 2. The second kappa shape index (κ2) is 8.41. The Morgan fingerprint density at radius 1 is 1.04 bits per heavy atom. The number of hydrogen-bond acceptors (Lipinski definition) is 6. The van der Waals surface area contributed by atoms with Crippen LogP contribution < -0.4 is 14.8 Å². The lowest BCUT2D eigenvalue weighted by Crippen LogP contribution is -2.29. The van der Waals surface area contributed by atoms with Crippen LogP contribution in [0.2, 0.25) is 0 Å². The van der Waals surface area contributed by atoms with Crippen molar-refractivity contribution in [3.05, 3.63) is 60.2 Å². The van der Waals surface area contributed by atoms with E-state index >= 15 is 0 Å². The molecular formula is C19H23N5O3S. The van der Waals surface area contributed by atoms with Crippen molar-refractivity contribution >= 4 is 15.8 Å². The van der Waals surface area contributed by atoms with E-state index in [2.05, 4.69) is 20.0 Å². The zero-order valence-corrected chi connectivity index (χ0v) is 16.8. The molecule has 0 aliphatic heterocycles. The highest BCUT2D eigenvalue weighted by atomic mass is 32.2. The van der Waals surface area contributed by atoms with Gasteiger partial charge in [0.25, 0.3) is 0 Å². The van der Waals surface area contributed by atoms with Crippen LogP contribution >= 0.6 is 0 Å². The van der Waals surface area contributed by atoms with E-state index in [4.69, 9.17) is 4.74 Å². The van der Waals surface area contributed by atoms with Gasteiger partial charge in [0, 0.05) is 31.5 Å². The van der Waals surface area contributed by atoms with E-state index in [0.29, 0.717) is 23.7 Å². The first kappa shape index (κ1) is 19.8. The smallest absolute Gasteiger partial charge is 0.240 e. The van der Waals surface area contributed by atoms with Gasteiger partial charge in [-0.1, -0.05) is 0 Å². The molecule has 2 heterocycles. The summed E-state index contributed by atoms with van der Waals surface area (Å²) in [6, 6.07) is 8.97. The first-order valence-electron chi connectivity index (χ1n) is 8.75. The van der Waals surface area contributed by atoms with E-state index in [1.165, 1.54) is 6.33 Å². The molecule has 0 aliphatic carbocycles. The van der Waals surface area contributed by atoms with Crippen LogP contribution in [0, 0.1) is 13.8 Å². The van der Waals surface area contributed by atoms with E-state index in [1.807, 2.05) is 36.0 Å². The second-order valence-electron chi connectivity index (χ2n) is 6.26. The average molecular weight is 401 g/mol. The molecule has 0 saturated carbocycles. The van der Waals surface area contributed by atoms with Gasteiger partial charge in [-0.25, -0.2) is 23.1 Å². The van der Waals surface area contributed by atoms with Gasteiger partial charge in [-0.15, -0.1) is 0 Å². The fourth-order valence-electron chi connectivity index (χ4n) is 2.80. The number of aryl methyl sites for hydroxylation is 2. The molecule has 0 radical (unpaired) electrons. The normalized spacial score (nSPS) is 11.4. The quantitative estimate of drug-likeness (QED) is 0.562. The Hall–Kier alpha value is -2.91. The van der Waals surface area contributed by atoms with Crippen molar-refractivity contribution in [3.8, 4) is 11.6 Å². The van der Waals surface area contributed by atoms with Crippen molar-refractivity contribution in [2.24, 2.45) is 0 Å². The predicted molar refractivity (Wildman–Crippen MR) is 108 cm³/mol. The second-order valence-corrected chi connectivity index (χ2v) is 8.00. The first-order valence-corrected chi connectivity index (χ1v) is 10.2. The molecule has 9 heteroatoms. The summed E-state index contributed by atoms with van der Waals surface area (Å²) in [5.41, 5.74) is 1.40. The number of ether oxygens (including phenoxy) is 1. The number of benzene rings is 1. The first-order chi connectivity index (χ1) is 13.4. The van der Waals surface area contributed by atoms with Crippen molar-refractivity contribution in [2.45, 2.75) is 18.7 Å². The van der Waals surface area contributed by atoms with Gasteiger partial charge in [0.1, 0.15) is 23.7 Å². The van der Waals surface area contributed by atoms with E-state index < -0.39 is 10.0 Å². The van der Waals surface area contributed by atoms with Crippen LogP contribution in [0.4, 0.5) is 5.82 Å². The average Bonchev–Trinajstić information content (AvgIpc) is 3.22. The summed E-state index contributed by atoms with van der Waals surface area (Å²) in [5.74, 6) is 2.02. The molecular weight excluding hydrogens is 378 g/mol. The molecule has 148 valence electrons. The van der Waals surface area contributed by atoms with Gasteiger partial charge in [-0.2, -0.15) is 0 Å². The molecule has 0 aliphatic rings. The summed E-state index contributed by atoms with van der Waals surface area (Å²) < 4.78 is 35.0. The van der Waals surface area contributed by atoms with Crippen LogP contribution in [0.3, 0.4) is 0 Å². The lowest BCUT2D eigenvalue weighted by Gasteiger charge is -2.13. The maximum atomic E-state index is 12.6. The van der Waals surface area contributed by atoms with Crippen molar-refractivity contribution in [1.82, 2.24) is 19.3 Å². The number of methoxy groups -OCH3 is 1. The zero-order chi connectivity index (χ0) is 20.1. The summed E-state index contributed by atoms with van der Waals surface area (Å²) in [7, 11) is -2.05. The molecule has 0 atom stereocenters. The molecule has 0 unspecified atom stereocenters. The van der Waals surface area contributed by atoms with Gasteiger partial charge >= 0.3 is 0 Å². The van der Waals surface area contributed by atoms with Crippen LogP contribution in [-0.4, -0.2) is 43.2 Å². The molecule has 1 aromatic carbocycles. The summed E-state index contributed by atoms with van der Waals surface area (Å²) in [5, 5.41) is 3.10. The van der Waals surface area contributed by atoms with E-state index in [-0.39, 0.29) is 11.4 Å². The molecule has 0 amide bonds. The van der Waals surface area contributed by atoms with Crippen LogP contribution in [-0.2, 0) is 10.0 Å². The lowest BCUT2D eigenvalue weighted by atomic mass is 10.1. The molecule has 0 saturated heterocycles. The van der Waals surface area contributed by atoms with Gasteiger partial charge in [-0.3, -0.25) is 0 Å². The largest absolute Gasteiger partial charge is 0.496 e. The molecule has 8 nitrogen and oxygen atoms in total. The highest BCUT2D eigenvalue weighted by Crippen LogP contribution is 2.25. The Morgan fingerprint density at radius 3 is 2.50 bits per heavy atom. The van der Waals surface area contributed by atoms with E-state index in [9.17, 15) is 8.42 Å². The third kappa shape index (κ3) is 4.49. The minimum Gasteiger partial charge on any atom is -0.496 e. The Labute approximate surface area is 164 Å². The SMILES string of the molecule is COc1cc(C)c(S(=O)(=O)NCCNc2cc(-n3cccc3)ncn2)cc1C. The van der Waals surface area contributed by atoms with Crippen LogP contribution in [0.1, 0.15) is 11.1 Å². The molecule has 0 bridgehead atoms. The minimum absolute atomic E-state index is 0.218. The zero-order valence-electron chi connectivity index (χ0n) is 16.0. The van der Waals surface area contributed by atoms with E-state index in [0.717, 1.165) is 11.4 Å². The Balaban J connectivity index is 1.61. The molecule has 0 fully saturated rings. The summed E-state index contributed by atoms with van der Waals surface area (Å²) in [6.07, 6.45) is 5.24. The highest BCUT2D eigenvalue weighted by Gasteiger charge is 2.18. The van der Waals surface area contributed by atoms with Crippen molar-refractivity contribution in [1.29, 1.82) is 0 Å². The van der Waals surface area contributed by atoms with Gasteiger partial charge in [0.15, 0.2) is 0 Å². The fourth-order valence-corrected chi connectivity index (χ4v) is 4.14.